The van der Waals surface area contributed by atoms with E-state index in [0.29, 0.717) is 19.4 Å². The van der Waals surface area contributed by atoms with Crippen molar-refractivity contribution in [3.8, 4) is 0 Å². The number of aliphatic carboxylic acids is 1. The van der Waals surface area contributed by atoms with Crippen molar-refractivity contribution in [2.45, 2.75) is 38.4 Å². The second kappa shape index (κ2) is 6.52. The highest BCUT2D eigenvalue weighted by Gasteiger charge is 2.26. The maximum Gasteiger partial charge on any atom is 0.335 e. The molecule has 0 heterocycles. The van der Waals surface area contributed by atoms with Gasteiger partial charge >= 0.3 is 11.9 Å². The Bertz CT molecular complexity index is 472. The summed E-state index contributed by atoms with van der Waals surface area (Å²) in [5.41, 5.74) is 1.19. The van der Waals surface area contributed by atoms with Gasteiger partial charge in [0.2, 0.25) is 0 Å². The van der Waals surface area contributed by atoms with Gasteiger partial charge in [0.1, 0.15) is 0 Å². The topological polar surface area (TPSA) is 83.8 Å². The average molecular weight is 278 g/mol. The highest BCUT2D eigenvalue weighted by atomic mass is 16.5. The molecule has 0 aliphatic heterocycles. The zero-order valence-corrected chi connectivity index (χ0v) is 11.1. The molecule has 0 amide bonds. The number of rotatable bonds is 5. The number of carbonyl (C=O) groups is 2. The fourth-order valence-electron chi connectivity index (χ4n) is 2.43. The van der Waals surface area contributed by atoms with E-state index in [-0.39, 0.29) is 17.6 Å². The zero-order valence-electron chi connectivity index (χ0n) is 11.1. The fraction of sp³-hybridized carbons (Fsp3) is 0.467. The van der Waals surface area contributed by atoms with Crippen LogP contribution in [0.4, 0.5) is 0 Å². The van der Waals surface area contributed by atoms with Crippen molar-refractivity contribution in [1.29, 1.82) is 0 Å². The molecule has 0 radical (unpaired) electrons. The van der Waals surface area contributed by atoms with Crippen LogP contribution < -0.4 is 0 Å². The Kier molecular flexibility index (Phi) is 4.74. The molecule has 0 aromatic heterocycles. The summed E-state index contributed by atoms with van der Waals surface area (Å²) in [6, 6.07) is 6.60. The van der Waals surface area contributed by atoms with Crippen LogP contribution in [0.25, 0.3) is 0 Å². The van der Waals surface area contributed by atoms with Gasteiger partial charge in [0.25, 0.3) is 0 Å². The van der Waals surface area contributed by atoms with Crippen molar-refractivity contribution >= 4 is 11.9 Å². The van der Waals surface area contributed by atoms with Crippen molar-refractivity contribution in [3.63, 3.8) is 0 Å². The molecule has 2 rings (SSSR count). The van der Waals surface area contributed by atoms with Crippen LogP contribution >= 0.6 is 0 Å². The van der Waals surface area contributed by atoms with Gasteiger partial charge in [0, 0.05) is 0 Å². The second-order valence-electron chi connectivity index (χ2n) is 5.12. The number of benzene rings is 1. The summed E-state index contributed by atoms with van der Waals surface area (Å²) in [7, 11) is 0. The molecular formula is C15H18O5. The van der Waals surface area contributed by atoms with E-state index in [2.05, 4.69) is 0 Å². The van der Waals surface area contributed by atoms with Crippen LogP contribution in [0.3, 0.4) is 0 Å². The summed E-state index contributed by atoms with van der Waals surface area (Å²) in [6.45, 7) is 0.433. The van der Waals surface area contributed by atoms with E-state index in [0.717, 1.165) is 18.4 Å². The number of carboxylic acid groups (broad SMARTS) is 2. The summed E-state index contributed by atoms with van der Waals surface area (Å²) in [4.78, 5) is 21.6. The van der Waals surface area contributed by atoms with Crippen LogP contribution in [-0.4, -0.2) is 28.3 Å². The lowest BCUT2D eigenvalue weighted by atomic mass is 9.87. The Morgan fingerprint density at radius 3 is 2.15 bits per heavy atom. The summed E-state index contributed by atoms with van der Waals surface area (Å²) in [5.74, 6) is -1.89. The van der Waals surface area contributed by atoms with Crippen molar-refractivity contribution in [2.75, 3.05) is 0 Å². The van der Waals surface area contributed by atoms with E-state index in [1.807, 2.05) is 0 Å². The second-order valence-corrected chi connectivity index (χ2v) is 5.12. The largest absolute Gasteiger partial charge is 0.481 e. The predicted molar refractivity (Wildman–Crippen MR) is 71.6 cm³/mol. The molecule has 5 heteroatoms. The SMILES string of the molecule is O=C(O)c1ccc(COC2CCC(C(=O)O)CC2)cc1. The molecule has 0 atom stereocenters. The highest BCUT2D eigenvalue weighted by Crippen LogP contribution is 2.27. The number of aromatic carboxylic acids is 1. The van der Waals surface area contributed by atoms with Gasteiger partial charge in [-0.3, -0.25) is 4.79 Å². The zero-order chi connectivity index (χ0) is 14.5. The monoisotopic (exact) mass is 278 g/mol. The molecule has 0 bridgehead atoms. The Balaban J connectivity index is 1.78. The van der Waals surface area contributed by atoms with Crippen LogP contribution in [-0.2, 0) is 16.1 Å². The smallest absolute Gasteiger partial charge is 0.335 e. The lowest BCUT2D eigenvalue weighted by Crippen LogP contribution is -2.25. The van der Waals surface area contributed by atoms with Crippen LogP contribution in [0.5, 0.6) is 0 Å². The summed E-state index contributed by atoms with van der Waals surface area (Å²) >= 11 is 0. The Labute approximate surface area is 117 Å². The van der Waals surface area contributed by atoms with Gasteiger partial charge in [-0.05, 0) is 43.4 Å². The standard InChI is InChI=1S/C15H18O5/c16-14(17)11-3-1-10(2-4-11)9-20-13-7-5-12(6-8-13)15(18)19/h1-4,12-13H,5-9H2,(H,16,17)(H,18,19). The van der Waals surface area contributed by atoms with Gasteiger partial charge in [0.15, 0.2) is 0 Å². The van der Waals surface area contributed by atoms with E-state index >= 15 is 0 Å². The molecular weight excluding hydrogens is 260 g/mol. The number of hydrogen-bond donors (Lipinski definition) is 2. The number of carboxylic acids is 2. The molecule has 1 aliphatic carbocycles. The van der Waals surface area contributed by atoms with Gasteiger partial charge < -0.3 is 14.9 Å². The Morgan fingerprint density at radius 2 is 1.65 bits per heavy atom. The van der Waals surface area contributed by atoms with Gasteiger partial charge in [-0.2, -0.15) is 0 Å². The van der Waals surface area contributed by atoms with E-state index in [1.54, 1.807) is 24.3 Å². The van der Waals surface area contributed by atoms with Gasteiger partial charge in [-0.25, -0.2) is 4.79 Å². The van der Waals surface area contributed by atoms with Crippen LogP contribution in [0.1, 0.15) is 41.6 Å². The molecule has 2 N–H and O–H groups in total. The molecule has 0 unspecified atom stereocenters. The predicted octanol–water partition coefficient (Wildman–Crippen LogP) is 2.54. The lowest BCUT2D eigenvalue weighted by molar-refractivity contribution is -0.143. The first-order valence-corrected chi connectivity index (χ1v) is 6.73. The molecule has 1 aromatic rings. The number of hydrogen-bond acceptors (Lipinski definition) is 3. The minimum Gasteiger partial charge on any atom is -0.481 e. The first kappa shape index (κ1) is 14.5. The third-order valence-electron chi connectivity index (χ3n) is 3.71. The Morgan fingerprint density at radius 1 is 1.05 bits per heavy atom. The van der Waals surface area contributed by atoms with Crippen molar-refractivity contribution in [1.82, 2.24) is 0 Å². The van der Waals surface area contributed by atoms with Crippen molar-refractivity contribution in [2.24, 2.45) is 5.92 Å². The first-order valence-electron chi connectivity index (χ1n) is 6.73. The van der Waals surface area contributed by atoms with E-state index in [1.165, 1.54) is 0 Å². The van der Waals surface area contributed by atoms with E-state index < -0.39 is 11.9 Å². The molecule has 108 valence electrons. The normalized spacial score (nSPS) is 22.4. The minimum atomic E-state index is -0.940. The lowest BCUT2D eigenvalue weighted by Gasteiger charge is -2.26. The summed E-state index contributed by atoms with van der Waals surface area (Å²) in [6.07, 6.45) is 2.97. The summed E-state index contributed by atoms with van der Waals surface area (Å²) in [5, 5.41) is 17.7. The third kappa shape index (κ3) is 3.81. The van der Waals surface area contributed by atoms with Crippen molar-refractivity contribution < 1.29 is 24.5 Å². The Hall–Kier alpha value is -1.88. The molecule has 1 aromatic carbocycles. The number of ether oxygens (including phenoxy) is 1. The van der Waals surface area contributed by atoms with Gasteiger partial charge in [0.05, 0.1) is 24.2 Å². The van der Waals surface area contributed by atoms with E-state index in [4.69, 9.17) is 14.9 Å². The summed E-state index contributed by atoms with van der Waals surface area (Å²) < 4.78 is 5.76. The van der Waals surface area contributed by atoms with Crippen LogP contribution in [0, 0.1) is 5.92 Å². The molecule has 20 heavy (non-hydrogen) atoms. The van der Waals surface area contributed by atoms with Gasteiger partial charge in [-0.15, -0.1) is 0 Å². The maximum absolute atomic E-state index is 10.8. The maximum atomic E-state index is 10.8. The molecule has 5 nitrogen and oxygen atoms in total. The van der Waals surface area contributed by atoms with E-state index in [9.17, 15) is 9.59 Å². The highest BCUT2D eigenvalue weighted by molar-refractivity contribution is 5.87. The molecule has 0 saturated heterocycles. The average Bonchev–Trinajstić information content (AvgIpc) is 2.46. The minimum absolute atomic E-state index is 0.102. The van der Waals surface area contributed by atoms with Crippen LogP contribution in [0.15, 0.2) is 24.3 Å². The molecule has 1 fully saturated rings. The fourth-order valence-corrected chi connectivity index (χ4v) is 2.43. The van der Waals surface area contributed by atoms with Gasteiger partial charge in [-0.1, -0.05) is 12.1 Å². The third-order valence-corrected chi connectivity index (χ3v) is 3.71. The molecule has 1 aliphatic rings. The molecule has 0 spiro atoms. The van der Waals surface area contributed by atoms with Crippen LogP contribution in [0.2, 0.25) is 0 Å². The molecule has 1 saturated carbocycles. The first-order chi connectivity index (χ1) is 9.56. The quantitative estimate of drug-likeness (QED) is 0.864. The van der Waals surface area contributed by atoms with Crippen molar-refractivity contribution in [3.05, 3.63) is 35.4 Å².